The molecule has 116 valence electrons. The molecule has 0 spiro atoms. The Kier molecular flexibility index (Phi) is 5.10. The first kappa shape index (κ1) is 14.9. The van der Waals surface area contributed by atoms with Gasteiger partial charge in [-0.15, -0.1) is 0 Å². The Morgan fingerprint density at radius 1 is 0.650 bits per heavy atom. The van der Waals surface area contributed by atoms with E-state index < -0.39 is 0 Å². The van der Waals surface area contributed by atoms with E-state index >= 15 is 0 Å². The lowest BCUT2D eigenvalue weighted by Gasteiger charge is -2.45. The van der Waals surface area contributed by atoms with Gasteiger partial charge in [0, 0.05) is 0 Å². The molecule has 0 saturated heterocycles. The van der Waals surface area contributed by atoms with E-state index in [0.717, 1.165) is 35.5 Å². The molecule has 0 radical (unpaired) electrons. The lowest BCUT2D eigenvalue weighted by atomic mass is 9.60. The van der Waals surface area contributed by atoms with Gasteiger partial charge in [-0.1, -0.05) is 46.0 Å². The molecule has 0 N–H and O–H groups in total. The molecule has 4 atom stereocenters. The van der Waals surface area contributed by atoms with Gasteiger partial charge < -0.3 is 0 Å². The van der Waals surface area contributed by atoms with Gasteiger partial charge in [0.05, 0.1) is 0 Å². The summed E-state index contributed by atoms with van der Waals surface area (Å²) in [6.07, 6.45) is 18.6. The van der Waals surface area contributed by atoms with Gasteiger partial charge in [0.25, 0.3) is 0 Å². The zero-order chi connectivity index (χ0) is 13.9. The Morgan fingerprint density at radius 3 is 1.90 bits per heavy atom. The van der Waals surface area contributed by atoms with Crippen molar-refractivity contribution in [3.05, 3.63) is 0 Å². The van der Waals surface area contributed by atoms with Crippen molar-refractivity contribution >= 4 is 0 Å². The molecule has 3 saturated carbocycles. The molecule has 0 heterocycles. The summed E-state index contributed by atoms with van der Waals surface area (Å²) in [6, 6.07) is 0. The van der Waals surface area contributed by atoms with Gasteiger partial charge in [0.2, 0.25) is 0 Å². The van der Waals surface area contributed by atoms with E-state index in [0.29, 0.717) is 0 Å². The third-order valence-electron chi connectivity index (χ3n) is 7.19. The summed E-state index contributed by atoms with van der Waals surface area (Å²) in [5.41, 5.74) is 0. The van der Waals surface area contributed by atoms with E-state index in [2.05, 4.69) is 13.8 Å². The van der Waals surface area contributed by atoms with Gasteiger partial charge in [0.15, 0.2) is 0 Å². The molecule has 0 nitrogen and oxygen atoms in total. The molecule has 3 fully saturated rings. The fourth-order valence-electron chi connectivity index (χ4n) is 5.88. The van der Waals surface area contributed by atoms with Crippen molar-refractivity contribution < 1.29 is 0 Å². The molecule has 0 aromatic carbocycles. The summed E-state index contributed by atoms with van der Waals surface area (Å²) in [5, 5.41) is 0. The van der Waals surface area contributed by atoms with Crippen LogP contribution >= 0.6 is 0 Å². The number of hydrogen-bond donors (Lipinski definition) is 0. The molecule has 0 aromatic heterocycles. The minimum absolute atomic E-state index is 1.02. The monoisotopic (exact) mass is 276 g/mol. The third kappa shape index (κ3) is 3.42. The molecular formula is C20H36. The van der Waals surface area contributed by atoms with Crippen LogP contribution in [0, 0.1) is 35.5 Å². The molecule has 0 heteroatoms. The summed E-state index contributed by atoms with van der Waals surface area (Å²) in [6.45, 7) is 4.83. The van der Waals surface area contributed by atoms with Crippen molar-refractivity contribution in [3.63, 3.8) is 0 Å². The molecule has 0 bridgehead atoms. The fraction of sp³-hybridized carbons (Fsp3) is 1.00. The standard InChI is InChI=1S/C20H36/c1-3-4-16-7-10-20-14-19(12-11-18(20)13-16)17-8-5-15(2)6-9-17/h15-20H,3-14H2,1-2H3/t15?,16-,17?,18-,19+,20+/m0/s1. The summed E-state index contributed by atoms with van der Waals surface area (Å²) in [5.74, 6) is 6.59. The SMILES string of the molecule is CCC[C@H]1CC[C@@H]2C[C@H](C3CCC(C)CC3)CC[C@H]2C1. The van der Waals surface area contributed by atoms with Gasteiger partial charge in [-0.25, -0.2) is 0 Å². The number of hydrogen-bond acceptors (Lipinski definition) is 0. The predicted molar refractivity (Wildman–Crippen MR) is 87.7 cm³/mol. The maximum absolute atomic E-state index is 2.46. The van der Waals surface area contributed by atoms with Crippen LogP contribution in [-0.2, 0) is 0 Å². The molecule has 0 aliphatic heterocycles. The van der Waals surface area contributed by atoms with Crippen LogP contribution < -0.4 is 0 Å². The largest absolute Gasteiger partial charge is 0.0654 e. The van der Waals surface area contributed by atoms with E-state index in [1.807, 2.05) is 0 Å². The van der Waals surface area contributed by atoms with Crippen molar-refractivity contribution in [1.82, 2.24) is 0 Å². The minimum atomic E-state index is 1.02. The average Bonchev–Trinajstić information content (AvgIpc) is 2.48. The summed E-state index contributed by atoms with van der Waals surface area (Å²) < 4.78 is 0. The Balaban J connectivity index is 1.50. The van der Waals surface area contributed by atoms with Crippen LogP contribution in [-0.4, -0.2) is 0 Å². The summed E-state index contributed by atoms with van der Waals surface area (Å²) in [4.78, 5) is 0. The van der Waals surface area contributed by atoms with Crippen LogP contribution in [0.1, 0.15) is 90.9 Å². The lowest BCUT2D eigenvalue weighted by molar-refractivity contribution is 0.0594. The first-order valence-electron chi connectivity index (χ1n) is 9.76. The Labute approximate surface area is 127 Å². The van der Waals surface area contributed by atoms with Crippen molar-refractivity contribution in [3.8, 4) is 0 Å². The van der Waals surface area contributed by atoms with Gasteiger partial charge >= 0.3 is 0 Å². The van der Waals surface area contributed by atoms with E-state index in [-0.39, 0.29) is 0 Å². The quantitative estimate of drug-likeness (QED) is 0.556. The highest BCUT2D eigenvalue weighted by Gasteiger charge is 2.38. The van der Waals surface area contributed by atoms with Gasteiger partial charge in [-0.3, -0.25) is 0 Å². The van der Waals surface area contributed by atoms with Crippen molar-refractivity contribution in [2.24, 2.45) is 35.5 Å². The highest BCUT2D eigenvalue weighted by molar-refractivity contribution is 4.89. The molecular weight excluding hydrogens is 240 g/mol. The van der Waals surface area contributed by atoms with E-state index in [4.69, 9.17) is 0 Å². The molecule has 0 aromatic rings. The van der Waals surface area contributed by atoms with E-state index in [1.54, 1.807) is 51.4 Å². The van der Waals surface area contributed by atoms with Crippen LogP contribution in [0.25, 0.3) is 0 Å². The predicted octanol–water partition coefficient (Wildman–Crippen LogP) is 6.45. The minimum Gasteiger partial charge on any atom is -0.0654 e. The maximum Gasteiger partial charge on any atom is -0.0383 e. The molecule has 3 rings (SSSR count). The molecule has 3 aliphatic rings. The first-order chi connectivity index (χ1) is 9.76. The molecule has 3 aliphatic carbocycles. The third-order valence-corrected chi connectivity index (χ3v) is 7.19. The second kappa shape index (κ2) is 6.84. The van der Waals surface area contributed by atoms with Gasteiger partial charge in [-0.2, -0.15) is 0 Å². The highest BCUT2D eigenvalue weighted by atomic mass is 14.4. The van der Waals surface area contributed by atoms with Crippen molar-refractivity contribution in [1.29, 1.82) is 0 Å². The highest BCUT2D eigenvalue weighted by Crippen LogP contribution is 2.49. The molecule has 0 amide bonds. The number of fused-ring (bicyclic) bond motifs is 1. The zero-order valence-corrected chi connectivity index (χ0v) is 13.9. The van der Waals surface area contributed by atoms with Crippen molar-refractivity contribution in [2.45, 2.75) is 90.9 Å². The van der Waals surface area contributed by atoms with Gasteiger partial charge in [-0.05, 0) is 80.5 Å². The summed E-state index contributed by atoms with van der Waals surface area (Å²) >= 11 is 0. The lowest BCUT2D eigenvalue weighted by Crippen LogP contribution is -2.34. The first-order valence-corrected chi connectivity index (χ1v) is 9.76. The van der Waals surface area contributed by atoms with Crippen LogP contribution in [0.4, 0.5) is 0 Å². The van der Waals surface area contributed by atoms with Crippen LogP contribution in [0.3, 0.4) is 0 Å². The average molecular weight is 277 g/mol. The van der Waals surface area contributed by atoms with Crippen molar-refractivity contribution in [2.75, 3.05) is 0 Å². The van der Waals surface area contributed by atoms with Crippen LogP contribution in [0.5, 0.6) is 0 Å². The summed E-state index contributed by atoms with van der Waals surface area (Å²) in [7, 11) is 0. The van der Waals surface area contributed by atoms with Crippen LogP contribution in [0.15, 0.2) is 0 Å². The Morgan fingerprint density at radius 2 is 1.20 bits per heavy atom. The van der Waals surface area contributed by atoms with E-state index in [1.165, 1.54) is 25.7 Å². The smallest absolute Gasteiger partial charge is 0.0383 e. The molecule has 0 unspecified atom stereocenters. The maximum atomic E-state index is 2.46. The fourth-order valence-corrected chi connectivity index (χ4v) is 5.88. The van der Waals surface area contributed by atoms with Gasteiger partial charge in [0.1, 0.15) is 0 Å². The zero-order valence-electron chi connectivity index (χ0n) is 13.9. The van der Waals surface area contributed by atoms with Crippen LogP contribution in [0.2, 0.25) is 0 Å². The van der Waals surface area contributed by atoms with E-state index in [9.17, 15) is 0 Å². The Hall–Kier alpha value is 0. The number of rotatable bonds is 3. The normalized spacial score (nSPS) is 45.9. The topological polar surface area (TPSA) is 0 Å². The second-order valence-corrected chi connectivity index (χ2v) is 8.58. The molecule has 20 heavy (non-hydrogen) atoms. The second-order valence-electron chi connectivity index (χ2n) is 8.58. The Bertz CT molecular complexity index is 286.